The first-order valence-electron chi connectivity index (χ1n) is 13.9. The number of benzene rings is 2. The molecule has 0 radical (unpaired) electrons. The van der Waals surface area contributed by atoms with E-state index in [-0.39, 0.29) is 44.4 Å². The summed E-state index contributed by atoms with van der Waals surface area (Å²) in [6.45, 7) is 3.69. The highest BCUT2D eigenvalue weighted by Crippen LogP contribution is 2.25. The van der Waals surface area contributed by atoms with Crippen LogP contribution in [0.3, 0.4) is 0 Å². The second-order valence-corrected chi connectivity index (χ2v) is 9.14. The number of aliphatic carboxylic acids is 1. The summed E-state index contributed by atoms with van der Waals surface area (Å²) in [7, 11) is 0. The number of para-hydroxylation sites is 1. The van der Waals surface area contributed by atoms with Gasteiger partial charge in [-0.1, -0.05) is 42.2 Å². The van der Waals surface area contributed by atoms with Crippen molar-refractivity contribution in [2.45, 2.75) is 19.4 Å². The van der Waals surface area contributed by atoms with Crippen LogP contribution in [0.5, 0.6) is 0 Å². The van der Waals surface area contributed by atoms with E-state index in [0.717, 1.165) is 22.4 Å². The molecule has 0 fully saturated rings. The molecular formula is C31H38N2O9. The summed E-state index contributed by atoms with van der Waals surface area (Å²) in [5.41, 5.74) is 3.31. The molecule has 0 saturated carbocycles. The van der Waals surface area contributed by atoms with Crippen molar-refractivity contribution < 1.29 is 43.2 Å². The zero-order valence-corrected chi connectivity index (χ0v) is 23.7. The summed E-state index contributed by atoms with van der Waals surface area (Å²) in [4.78, 5) is 37.5. The van der Waals surface area contributed by atoms with Gasteiger partial charge in [0.1, 0.15) is 0 Å². The second-order valence-electron chi connectivity index (χ2n) is 9.14. The SMILES string of the molecule is O=C(O)CCOCCOCCOCCOCCOCCC(=O)NCC(=O)N1Cc2ccccc2C#Cc2ccccc21. The van der Waals surface area contributed by atoms with Gasteiger partial charge in [0.15, 0.2) is 0 Å². The number of nitrogens with one attached hydrogen (secondary N) is 1. The van der Waals surface area contributed by atoms with Crippen molar-refractivity contribution in [3.8, 4) is 11.8 Å². The van der Waals surface area contributed by atoms with Crippen molar-refractivity contribution >= 4 is 23.5 Å². The second kappa shape index (κ2) is 19.4. The third-order valence-electron chi connectivity index (χ3n) is 6.03. The lowest BCUT2D eigenvalue weighted by Crippen LogP contribution is -2.40. The van der Waals surface area contributed by atoms with Gasteiger partial charge >= 0.3 is 5.97 Å². The molecule has 2 N–H and O–H groups in total. The molecule has 226 valence electrons. The van der Waals surface area contributed by atoms with E-state index in [1.165, 1.54) is 0 Å². The third kappa shape index (κ3) is 12.4. The molecule has 0 bridgehead atoms. The molecule has 0 aliphatic carbocycles. The number of carboxylic acids is 1. The fourth-order valence-corrected chi connectivity index (χ4v) is 3.87. The van der Waals surface area contributed by atoms with Crippen LogP contribution in [0.2, 0.25) is 0 Å². The number of hydrogen-bond acceptors (Lipinski definition) is 8. The molecule has 2 amide bonds. The average Bonchev–Trinajstić information content (AvgIpc) is 2.98. The van der Waals surface area contributed by atoms with E-state index in [2.05, 4.69) is 17.2 Å². The Hall–Kier alpha value is -3.79. The fraction of sp³-hybridized carbons (Fsp3) is 0.452. The molecule has 1 heterocycles. The van der Waals surface area contributed by atoms with Gasteiger partial charge in [-0.15, -0.1) is 0 Å². The maximum atomic E-state index is 13.2. The first-order chi connectivity index (χ1) is 20.5. The van der Waals surface area contributed by atoms with E-state index in [1.54, 1.807) is 4.90 Å². The number of anilines is 1. The molecule has 11 heteroatoms. The molecule has 3 rings (SSSR count). The first-order valence-corrected chi connectivity index (χ1v) is 13.9. The summed E-state index contributed by atoms with van der Waals surface area (Å²) < 4.78 is 26.7. The molecule has 42 heavy (non-hydrogen) atoms. The van der Waals surface area contributed by atoms with E-state index in [0.29, 0.717) is 59.4 Å². The van der Waals surface area contributed by atoms with Crippen LogP contribution in [0, 0.1) is 11.8 Å². The van der Waals surface area contributed by atoms with Gasteiger partial charge < -0.3 is 39.0 Å². The minimum atomic E-state index is -0.889. The lowest BCUT2D eigenvalue weighted by Gasteiger charge is -2.26. The monoisotopic (exact) mass is 582 g/mol. The van der Waals surface area contributed by atoms with Crippen molar-refractivity contribution in [3.05, 3.63) is 65.2 Å². The zero-order valence-electron chi connectivity index (χ0n) is 23.7. The van der Waals surface area contributed by atoms with Crippen molar-refractivity contribution in [1.29, 1.82) is 0 Å². The molecule has 0 unspecified atom stereocenters. The van der Waals surface area contributed by atoms with Crippen LogP contribution in [0.1, 0.15) is 29.5 Å². The third-order valence-corrected chi connectivity index (χ3v) is 6.03. The van der Waals surface area contributed by atoms with Crippen molar-refractivity contribution in [2.24, 2.45) is 0 Å². The molecule has 11 nitrogen and oxygen atoms in total. The van der Waals surface area contributed by atoms with Gasteiger partial charge in [-0.2, -0.15) is 0 Å². The van der Waals surface area contributed by atoms with Gasteiger partial charge in [0.25, 0.3) is 0 Å². The topological polar surface area (TPSA) is 133 Å². The van der Waals surface area contributed by atoms with E-state index < -0.39 is 5.97 Å². The maximum absolute atomic E-state index is 13.2. The fourth-order valence-electron chi connectivity index (χ4n) is 3.87. The summed E-state index contributed by atoms with van der Waals surface area (Å²) in [5.74, 6) is 4.97. The van der Waals surface area contributed by atoms with E-state index in [4.69, 9.17) is 28.8 Å². The molecule has 0 atom stereocenters. The van der Waals surface area contributed by atoms with Crippen molar-refractivity contribution in [3.63, 3.8) is 0 Å². The van der Waals surface area contributed by atoms with Crippen LogP contribution >= 0.6 is 0 Å². The number of carbonyl (C=O) groups excluding carboxylic acids is 2. The molecule has 0 spiro atoms. The minimum absolute atomic E-state index is 0.0197. The van der Waals surface area contributed by atoms with E-state index in [1.807, 2.05) is 48.5 Å². The number of rotatable bonds is 20. The maximum Gasteiger partial charge on any atom is 0.305 e. The zero-order chi connectivity index (χ0) is 29.8. The Labute approximate surface area is 246 Å². The van der Waals surface area contributed by atoms with Gasteiger partial charge in [-0.05, 0) is 23.8 Å². The molecular weight excluding hydrogens is 544 g/mol. The van der Waals surface area contributed by atoms with Gasteiger partial charge in [-0.25, -0.2) is 0 Å². The largest absolute Gasteiger partial charge is 0.481 e. The van der Waals surface area contributed by atoms with E-state index in [9.17, 15) is 14.4 Å². The van der Waals surface area contributed by atoms with Gasteiger partial charge in [0.05, 0.1) is 91.3 Å². The van der Waals surface area contributed by atoms with Crippen molar-refractivity contribution in [2.75, 3.05) is 77.5 Å². The first kappa shape index (κ1) is 32.7. The number of ether oxygens (including phenoxy) is 5. The highest BCUT2D eigenvalue weighted by molar-refractivity contribution is 5.98. The number of carboxylic acid groups (broad SMARTS) is 1. The Morgan fingerprint density at radius 2 is 1.19 bits per heavy atom. The Morgan fingerprint density at radius 1 is 0.690 bits per heavy atom. The van der Waals surface area contributed by atoms with Crippen LogP contribution in [0.15, 0.2) is 48.5 Å². The Kier molecular flexibility index (Phi) is 15.1. The summed E-state index contributed by atoms with van der Waals surface area (Å²) in [6, 6.07) is 15.2. The average molecular weight is 583 g/mol. The summed E-state index contributed by atoms with van der Waals surface area (Å²) in [5, 5.41) is 11.2. The van der Waals surface area contributed by atoms with Gasteiger partial charge in [0.2, 0.25) is 11.8 Å². The lowest BCUT2D eigenvalue weighted by molar-refractivity contribution is -0.138. The number of hydrogen-bond donors (Lipinski definition) is 2. The van der Waals surface area contributed by atoms with Gasteiger partial charge in [-0.3, -0.25) is 14.4 Å². The Bertz CT molecular complexity index is 1210. The smallest absolute Gasteiger partial charge is 0.305 e. The number of carbonyl (C=O) groups is 3. The molecule has 2 aromatic carbocycles. The van der Waals surface area contributed by atoms with Crippen LogP contribution < -0.4 is 10.2 Å². The van der Waals surface area contributed by atoms with E-state index >= 15 is 0 Å². The lowest BCUT2D eigenvalue weighted by atomic mass is 10.0. The highest BCUT2D eigenvalue weighted by Gasteiger charge is 2.21. The molecule has 2 aromatic rings. The Balaban J connectivity index is 1.21. The minimum Gasteiger partial charge on any atom is -0.481 e. The van der Waals surface area contributed by atoms with Crippen LogP contribution in [-0.4, -0.2) is 95.5 Å². The molecule has 0 aromatic heterocycles. The Morgan fingerprint density at radius 3 is 1.81 bits per heavy atom. The van der Waals surface area contributed by atoms with Crippen LogP contribution in [-0.2, 0) is 44.6 Å². The van der Waals surface area contributed by atoms with Gasteiger partial charge in [0, 0.05) is 17.5 Å². The summed E-state index contributed by atoms with van der Waals surface area (Å²) in [6.07, 6.45) is 0.111. The van der Waals surface area contributed by atoms with Crippen LogP contribution in [0.25, 0.3) is 0 Å². The predicted octanol–water partition coefficient (Wildman–Crippen LogP) is 2.00. The van der Waals surface area contributed by atoms with Crippen molar-refractivity contribution in [1.82, 2.24) is 5.32 Å². The number of fused-ring (bicyclic) bond motifs is 2. The number of nitrogens with zero attached hydrogens (tertiary/aromatic N) is 1. The quantitative estimate of drug-likeness (QED) is 0.178. The standard InChI is InChI=1S/C31H38N2O9/c34-29(11-13-38-15-17-40-19-21-42-22-20-41-18-16-39-14-12-31(36)37)32-23-30(35)33-24-27-7-2-1-5-25(27)9-10-26-6-3-4-8-28(26)33/h1-8H,11-24H2,(H,32,34)(H,36,37). The summed E-state index contributed by atoms with van der Waals surface area (Å²) >= 11 is 0. The predicted molar refractivity (Wildman–Crippen MR) is 154 cm³/mol. The highest BCUT2D eigenvalue weighted by atomic mass is 16.6. The number of amides is 2. The molecule has 1 aliphatic heterocycles. The van der Waals surface area contributed by atoms with Crippen LogP contribution in [0.4, 0.5) is 5.69 Å². The molecule has 0 saturated heterocycles. The molecule has 1 aliphatic rings. The normalized spacial score (nSPS) is 11.9.